The molecule has 136 valence electrons. The molecule has 2 heterocycles. The Morgan fingerprint density at radius 2 is 1.89 bits per heavy atom. The highest BCUT2D eigenvalue weighted by Gasteiger charge is 2.14. The summed E-state index contributed by atoms with van der Waals surface area (Å²) in [6.07, 6.45) is 1.82. The van der Waals surface area contributed by atoms with Gasteiger partial charge in [0.25, 0.3) is 5.89 Å². The molecule has 2 aromatic heterocycles. The number of hydrogen-bond donors (Lipinski definition) is 0. The molecule has 0 aliphatic heterocycles. The molecule has 4 aromatic rings. The lowest BCUT2D eigenvalue weighted by Crippen LogP contribution is -2.08. The third-order valence-corrected chi connectivity index (χ3v) is 4.27. The van der Waals surface area contributed by atoms with Crippen LogP contribution in [-0.2, 0) is 6.54 Å². The van der Waals surface area contributed by atoms with Gasteiger partial charge in [0.2, 0.25) is 5.82 Å². The second-order valence-electron chi connectivity index (χ2n) is 6.65. The molecule has 27 heavy (non-hydrogen) atoms. The maximum Gasteiger partial charge on any atom is 0.258 e. The molecule has 0 fully saturated rings. The number of anilines is 1. The van der Waals surface area contributed by atoms with E-state index in [-0.39, 0.29) is 0 Å². The Morgan fingerprint density at radius 3 is 2.67 bits per heavy atom. The summed E-state index contributed by atoms with van der Waals surface area (Å²) in [5.74, 6) is 0.886. The van der Waals surface area contributed by atoms with E-state index in [1.165, 1.54) is 5.56 Å². The van der Waals surface area contributed by atoms with Crippen LogP contribution in [-0.4, -0.2) is 39.2 Å². The minimum absolute atomic E-state index is 0.426. The molecule has 0 saturated carbocycles. The standard InChI is InChI=1S/C20H20N6O/c1-14-7-9-15(10-8-14)12-26-13-18(22-24-26)19-21-20(27-23-19)16-5-4-6-17(11-16)25(2)3/h4-11,13H,12H2,1-3H3. The number of hydrogen-bond acceptors (Lipinski definition) is 6. The monoisotopic (exact) mass is 360 g/mol. The summed E-state index contributed by atoms with van der Waals surface area (Å²) in [6.45, 7) is 2.71. The van der Waals surface area contributed by atoms with Gasteiger partial charge in [0.15, 0.2) is 5.69 Å². The van der Waals surface area contributed by atoms with Crippen molar-refractivity contribution in [3.63, 3.8) is 0 Å². The first kappa shape index (κ1) is 17.0. The molecule has 0 unspecified atom stereocenters. The molecule has 0 aliphatic carbocycles. The Balaban J connectivity index is 1.54. The van der Waals surface area contributed by atoms with Gasteiger partial charge in [0, 0.05) is 25.3 Å². The zero-order valence-electron chi connectivity index (χ0n) is 15.5. The van der Waals surface area contributed by atoms with Gasteiger partial charge in [-0.05, 0) is 30.7 Å². The van der Waals surface area contributed by atoms with Gasteiger partial charge in [0.1, 0.15) is 0 Å². The van der Waals surface area contributed by atoms with Crippen LogP contribution in [0.25, 0.3) is 23.0 Å². The Kier molecular flexibility index (Phi) is 4.42. The van der Waals surface area contributed by atoms with Crippen molar-refractivity contribution in [1.82, 2.24) is 25.1 Å². The zero-order chi connectivity index (χ0) is 18.8. The molecule has 2 aromatic carbocycles. The van der Waals surface area contributed by atoms with Crippen LogP contribution in [0.15, 0.2) is 59.3 Å². The lowest BCUT2D eigenvalue weighted by Gasteiger charge is -2.12. The molecule has 0 atom stereocenters. The average Bonchev–Trinajstić information content (AvgIpc) is 3.33. The van der Waals surface area contributed by atoms with Gasteiger partial charge < -0.3 is 9.42 Å². The van der Waals surface area contributed by atoms with Gasteiger partial charge in [-0.1, -0.05) is 46.3 Å². The molecule has 0 spiro atoms. The molecule has 4 rings (SSSR count). The summed E-state index contributed by atoms with van der Waals surface area (Å²) >= 11 is 0. The van der Waals surface area contributed by atoms with Crippen LogP contribution < -0.4 is 4.90 Å². The SMILES string of the molecule is Cc1ccc(Cn2cc(-c3noc(-c4cccc(N(C)C)c4)n3)nn2)cc1. The highest BCUT2D eigenvalue weighted by molar-refractivity contribution is 5.63. The van der Waals surface area contributed by atoms with Gasteiger partial charge in [-0.2, -0.15) is 4.98 Å². The van der Waals surface area contributed by atoms with Crippen molar-refractivity contribution in [3.8, 4) is 23.0 Å². The highest BCUT2D eigenvalue weighted by atomic mass is 16.5. The Bertz CT molecular complexity index is 1050. The van der Waals surface area contributed by atoms with E-state index >= 15 is 0 Å². The minimum Gasteiger partial charge on any atom is -0.378 e. The highest BCUT2D eigenvalue weighted by Crippen LogP contribution is 2.24. The predicted molar refractivity (Wildman–Crippen MR) is 103 cm³/mol. The van der Waals surface area contributed by atoms with Gasteiger partial charge in [-0.3, -0.25) is 0 Å². The van der Waals surface area contributed by atoms with Crippen LogP contribution in [0.4, 0.5) is 5.69 Å². The number of benzene rings is 2. The van der Waals surface area contributed by atoms with Crippen LogP contribution in [0.5, 0.6) is 0 Å². The summed E-state index contributed by atoms with van der Waals surface area (Å²) in [5, 5.41) is 12.4. The van der Waals surface area contributed by atoms with Crippen molar-refractivity contribution in [3.05, 3.63) is 65.9 Å². The molecule has 0 saturated heterocycles. The predicted octanol–water partition coefficient (Wildman–Crippen LogP) is 3.42. The van der Waals surface area contributed by atoms with Crippen molar-refractivity contribution < 1.29 is 4.52 Å². The van der Waals surface area contributed by atoms with Crippen molar-refractivity contribution >= 4 is 5.69 Å². The van der Waals surface area contributed by atoms with E-state index in [9.17, 15) is 0 Å². The van der Waals surface area contributed by atoms with Crippen LogP contribution >= 0.6 is 0 Å². The van der Waals surface area contributed by atoms with Gasteiger partial charge in [0.05, 0.1) is 12.7 Å². The molecule has 7 heteroatoms. The summed E-state index contributed by atoms with van der Waals surface area (Å²) in [4.78, 5) is 6.50. The molecule has 0 aliphatic rings. The topological polar surface area (TPSA) is 72.9 Å². The minimum atomic E-state index is 0.426. The molecule has 0 radical (unpaired) electrons. The van der Waals surface area contributed by atoms with Crippen molar-refractivity contribution in [2.24, 2.45) is 0 Å². The Morgan fingerprint density at radius 1 is 1.07 bits per heavy atom. The van der Waals surface area contributed by atoms with Gasteiger partial charge in [-0.25, -0.2) is 4.68 Å². The largest absolute Gasteiger partial charge is 0.378 e. The van der Waals surface area contributed by atoms with E-state index in [4.69, 9.17) is 4.52 Å². The van der Waals surface area contributed by atoms with Crippen LogP contribution in [0.3, 0.4) is 0 Å². The maximum atomic E-state index is 5.42. The summed E-state index contributed by atoms with van der Waals surface area (Å²) in [6, 6.07) is 16.3. The average molecular weight is 360 g/mol. The number of rotatable bonds is 5. The van der Waals surface area contributed by atoms with E-state index in [0.717, 1.165) is 16.8 Å². The second-order valence-corrected chi connectivity index (χ2v) is 6.65. The molecule has 0 bridgehead atoms. The summed E-state index contributed by atoms with van der Waals surface area (Å²) in [7, 11) is 3.98. The quantitative estimate of drug-likeness (QED) is 0.543. The Hall–Kier alpha value is -3.48. The summed E-state index contributed by atoms with van der Waals surface area (Å²) in [5.41, 5.74) is 4.91. The molecule has 7 nitrogen and oxygen atoms in total. The smallest absolute Gasteiger partial charge is 0.258 e. The van der Waals surface area contributed by atoms with Crippen molar-refractivity contribution in [1.29, 1.82) is 0 Å². The van der Waals surface area contributed by atoms with Gasteiger partial charge >= 0.3 is 0 Å². The fourth-order valence-electron chi connectivity index (χ4n) is 2.72. The fourth-order valence-corrected chi connectivity index (χ4v) is 2.72. The van der Waals surface area contributed by atoms with Crippen LogP contribution in [0.1, 0.15) is 11.1 Å². The number of aromatic nitrogens is 5. The summed E-state index contributed by atoms with van der Waals surface area (Å²) < 4.78 is 7.19. The van der Waals surface area contributed by atoms with E-state index in [2.05, 4.69) is 51.6 Å². The number of aryl methyl sites for hydroxylation is 1. The van der Waals surface area contributed by atoms with Gasteiger partial charge in [-0.15, -0.1) is 5.10 Å². The van der Waals surface area contributed by atoms with E-state index in [1.54, 1.807) is 4.68 Å². The second kappa shape index (κ2) is 7.03. The maximum absolute atomic E-state index is 5.42. The molecular weight excluding hydrogens is 340 g/mol. The lowest BCUT2D eigenvalue weighted by molar-refractivity contribution is 0.432. The normalized spacial score (nSPS) is 10.9. The van der Waals surface area contributed by atoms with Crippen LogP contribution in [0.2, 0.25) is 0 Å². The zero-order valence-corrected chi connectivity index (χ0v) is 15.5. The first-order valence-corrected chi connectivity index (χ1v) is 8.66. The molecular formula is C20H20N6O. The van der Waals surface area contributed by atoms with E-state index < -0.39 is 0 Å². The fraction of sp³-hybridized carbons (Fsp3) is 0.200. The molecule has 0 N–H and O–H groups in total. The Labute approximate surface area is 157 Å². The number of nitrogens with zero attached hydrogens (tertiary/aromatic N) is 6. The van der Waals surface area contributed by atoms with Crippen molar-refractivity contribution in [2.75, 3.05) is 19.0 Å². The lowest BCUT2D eigenvalue weighted by atomic mass is 10.1. The third kappa shape index (κ3) is 3.72. The third-order valence-electron chi connectivity index (χ3n) is 4.27. The van der Waals surface area contributed by atoms with Crippen LogP contribution in [0, 0.1) is 6.92 Å². The first-order valence-electron chi connectivity index (χ1n) is 8.66. The first-order chi connectivity index (χ1) is 13.1. The molecule has 0 amide bonds. The van der Waals surface area contributed by atoms with E-state index in [0.29, 0.717) is 24.0 Å². The van der Waals surface area contributed by atoms with Crippen molar-refractivity contribution in [2.45, 2.75) is 13.5 Å². The van der Waals surface area contributed by atoms with E-state index in [1.807, 2.05) is 49.5 Å².